The third kappa shape index (κ3) is 4.51. The molecule has 128 valence electrons. The van der Waals surface area contributed by atoms with Crippen LogP contribution in [-0.2, 0) is 4.79 Å². The van der Waals surface area contributed by atoms with Crippen LogP contribution in [0.2, 0.25) is 0 Å². The zero-order valence-corrected chi connectivity index (χ0v) is 14.9. The van der Waals surface area contributed by atoms with Gasteiger partial charge in [-0.15, -0.1) is 0 Å². The predicted molar refractivity (Wildman–Crippen MR) is 95.6 cm³/mol. The standard InChI is InChI=1S/C20H25NO3/c1-13-9-10-17(11-14(13)2)15(3)21-20(22)16(4)24-19-8-6-7-18(12-19)23-5/h6-12,15-16H,1-5H3,(H,21,22). The van der Waals surface area contributed by atoms with E-state index in [1.807, 2.05) is 25.1 Å². The Kier molecular flexibility index (Phi) is 5.85. The van der Waals surface area contributed by atoms with Gasteiger partial charge >= 0.3 is 0 Å². The number of carbonyl (C=O) groups is 1. The summed E-state index contributed by atoms with van der Waals surface area (Å²) in [6.07, 6.45) is -0.592. The van der Waals surface area contributed by atoms with Crippen LogP contribution in [0.4, 0.5) is 0 Å². The van der Waals surface area contributed by atoms with Gasteiger partial charge in [0, 0.05) is 6.07 Å². The van der Waals surface area contributed by atoms with Crippen molar-refractivity contribution in [1.82, 2.24) is 5.32 Å². The summed E-state index contributed by atoms with van der Waals surface area (Å²) in [6, 6.07) is 13.4. The second-order valence-corrected chi connectivity index (χ2v) is 6.01. The Morgan fingerprint density at radius 3 is 2.38 bits per heavy atom. The number of aryl methyl sites for hydroxylation is 2. The Morgan fingerprint density at radius 1 is 1.00 bits per heavy atom. The molecular weight excluding hydrogens is 302 g/mol. The number of carbonyl (C=O) groups excluding carboxylic acids is 1. The molecule has 2 aromatic carbocycles. The third-order valence-corrected chi connectivity index (χ3v) is 4.11. The Labute approximate surface area is 143 Å². The summed E-state index contributed by atoms with van der Waals surface area (Å²) in [7, 11) is 1.60. The molecule has 1 amide bonds. The van der Waals surface area contributed by atoms with Gasteiger partial charge in [0.15, 0.2) is 6.10 Å². The number of hydrogen-bond donors (Lipinski definition) is 1. The highest BCUT2D eigenvalue weighted by Gasteiger charge is 2.18. The molecule has 0 bridgehead atoms. The van der Waals surface area contributed by atoms with Crippen molar-refractivity contribution in [3.8, 4) is 11.5 Å². The number of ether oxygens (including phenoxy) is 2. The van der Waals surface area contributed by atoms with E-state index in [-0.39, 0.29) is 11.9 Å². The average Bonchev–Trinajstić information content (AvgIpc) is 2.57. The van der Waals surface area contributed by atoms with Gasteiger partial charge in [0.1, 0.15) is 11.5 Å². The van der Waals surface area contributed by atoms with Crippen molar-refractivity contribution < 1.29 is 14.3 Å². The topological polar surface area (TPSA) is 47.6 Å². The van der Waals surface area contributed by atoms with Crippen molar-refractivity contribution in [2.75, 3.05) is 7.11 Å². The lowest BCUT2D eigenvalue weighted by atomic mass is 10.0. The number of hydrogen-bond acceptors (Lipinski definition) is 3. The van der Waals surface area contributed by atoms with Gasteiger partial charge in [-0.2, -0.15) is 0 Å². The molecule has 1 N–H and O–H groups in total. The molecule has 0 aliphatic carbocycles. The lowest BCUT2D eigenvalue weighted by molar-refractivity contribution is -0.127. The van der Waals surface area contributed by atoms with Gasteiger partial charge < -0.3 is 14.8 Å². The van der Waals surface area contributed by atoms with E-state index in [1.165, 1.54) is 11.1 Å². The fraction of sp³-hybridized carbons (Fsp3) is 0.350. The van der Waals surface area contributed by atoms with Crippen LogP contribution >= 0.6 is 0 Å². The Morgan fingerprint density at radius 2 is 1.71 bits per heavy atom. The minimum absolute atomic E-state index is 0.0758. The van der Waals surface area contributed by atoms with E-state index >= 15 is 0 Å². The van der Waals surface area contributed by atoms with Crippen LogP contribution in [0.3, 0.4) is 0 Å². The summed E-state index contributed by atoms with van der Waals surface area (Å²) >= 11 is 0. The third-order valence-electron chi connectivity index (χ3n) is 4.11. The van der Waals surface area contributed by atoms with E-state index in [1.54, 1.807) is 26.2 Å². The Bertz CT molecular complexity index is 712. The van der Waals surface area contributed by atoms with Gasteiger partial charge in [0.05, 0.1) is 13.2 Å². The van der Waals surface area contributed by atoms with Gasteiger partial charge in [-0.05, 0) is 56.5 Å². The van der Waals surface area contributed by atoms with Gasteiger partial charge in [-0.25, -0.2) is 0 Å². The summed E-state index contributed by atoms with van der Waals surface area (Å²) < 4.78 is 10.9. The Hall–Kier alpha value is -2.49. The molecule has 2 unspecified atom stereocenters. The molecular formula is C20H25NO3. The largest absolute Gasteiger partial charge is 0.497 e. The maximum atomic E-state index is 12.4. The minimum Gasteiger partial charge on any atom is -0.497 e. The number of rotatable bonds is 6. The smallest absolute Gasteiger partial charge is 0.261 e. The predicted octanol–water partition coefficient (Wildman–Crippen LogP) is 3.96. The molecule has 0 spiro atoms. The van der Waals surface area contributed by atoms with E-state index in [4.69, 9.17) is 9.47 Å². The molecule has 24 heavy (non-hydrogen) atoms. The van der Waals surface area contributed by atoms with Gasteiger partial charge in [-0.1, -0.05) is 24.3 Å². The highest BCUT2D eigenvalue weighted by Crippen LogP contribution is 2.21. The van der Waals surface area contributed by atoms with E-state index in [0.717, 1.165) is 5.56 Å². The first-order valence-electron chi connectivity index (χ1n) is 8.09. The molecule has 4 heteroatoms. The van der Waals surface area contributed by atoms with Crippen LogP contribution in [0.1, 0.15) is 36.6 Å². The molecule has 0 heterocycles. The molecule has 2 aromatic rings. The number of benzene rings is 2. The van der Waals surface area contributed by atoms with Crippen LogP contribution < -0.4 is 14.8 Å². The summed E-state index contributed by atoms with van der Waals surface area (Å²) in [6.45, 7) is 7.86. The molecule has 2 atom stereocenters. The molecule has 0 saturated carbocycles. The fourth-order valence-electron chi connectivity index (χ4n) is 2.38. The lowest BCUT2D eigenvalue weighted by Gasteiger charge is -2.20. The minimum atomic E-state index is -0.592. The van der Waals surface area contributed by atoms with Crippen LogP contribution in [0.25, 0.3) is 0 Å². The maximum absolute atomic E-state index is 12.4. The molecule has 0 aromatic heterocycles. The molecule has 2 rings (SSSR count). The van der Waals surface area contributed by atoms with Gasteiger partial charge in [-0.3, -0.25) is 4.79 Å². The number of nitrogens with one attached hydrogen (secondary N) is 1. The molecule has 0 radical (unpaired) electrons. The normalized spacial score (nSPS) is 13.0. The van der Waals surface area contributed by atoms with Crippen molar-refractivity contribution in [3.63, 3.8) is 0 Å². The number of amides is 1. The van der Waals surface area contributed by atoms with Crippen molar-refractivity contribution in [1.29, 1.82) is 0 Å². The van der Waals surface area contributed by atoms with Crippen molar-refractivity contribution in [2.24, 2.45) is 0 Å². The Balaban J connectivity index is 1.98. The van der Waals surface area contributed by atoms with Crippen LogP contribution in [0.5, 0.6) is 11.5 Å². The van der Waals surface area contributed by atoms with Crippen LogP contribution in [0, 0.1) is 13.8 Å². The van der Waals surface area contributed by atoms with Crippen molar-refractivity contribution in [2.45, 2.75) is 39.8 Å². The number of methoxy groups -OCH3 is 1. The van der Waals surface area contributed by atoms with Gasteiger partial charge in [0.25, 0.3) is 5.91 Å². The van der Waals surface area contributed by atoms with E-state index in [9.17, 15) is 4.79 Å². The molecule has 0 fully saturated rings. The van der Waals surface area contributed by atoms with E-state index in [2.05, 4.69) is 31.3 Å². The molecule has 0 saturated heterocycles. The summed E-state index contributed by atoms with van der Waals surface area (Å²) in [5.41, 5.74) is 3.54. The van der Waals surface area contributed by atoms with Crippen molar-refractivity contribution >= 4 is 5.91 Å². The fourth-order valence-corrected chi connectivity index (χ4v) is 2.38. The maximum Gasteiger partial charge on any atom is 0.261 e. The molecule has 0 aliphatic heterocycles. The van der Waals surface area contributed by atoms with E-state index in [0.29, 0.717) is 11.5 Å². The average molecular weight is 327 g/mol. The zero-order chi connectivity index (χ0) is 17.7. The molecule has 0 aliphatic rings. The van der Waals surface area contributed by atoms with E-state index < -0.39 is 6.10 Å². The summed E-state index contributed by atoms with van der Waals surface area (Å²) in [4.78, 5) is 12.4. The summed E-state index contributed by atoms with van der Waals surface area (Å²) in [5, 5.41) is 3.00. The first kappa shape index (κ1) is 17.9. The van der Waals surface area contributed by atoms with Crippen LogP contribution in [0.15, 0.2) is 42.5 Å². The van der Waals surface area contributed by atoms with Crippen LogP contribution in [-0.4, -0.2) is 19.1 Å². The van der Waals surface area contributed by atoms with Gasteiger partial charge in [0.2, 0.25) is 0 Å². The monoisotopic (exact) mass is 327 g/mol. The quantitative estimate of drug-likeness (QED) is 0.874. The highest BCUT2D eigenvalue weighted by molar-refractivity contribution is 5.81. The van der Waals surface area contributed by atoms with Crippen molar-refractivity contribution in [3.05, 3.63) is 59.2 Å². The zero-order valence-electron chi connectivity index (χ0n) is 14.9. The second kappa shape index (κ2) is 7.86. The molecule has 4 nitrogen and oxygen atoms in total. The second-order valence-electron chi connectivity index (χ2n) is 6.01. The SMILES string of the molecule is COc1cccc(OC(C)C(=O)NC(C)c2ccc(C)c(C)c2)c1. The lowest BCUT2D eigenvalue weighted by Crippen LogP contribution is -2.37. The highest BCUT2D eigenvalue weighted by atomic mass is 16.5. The first-order valence-corrected chi connectivity index (χ1v) is 8.09. The summed E-state index contributed by atoms with van der Waals surface area (Å²) in [5.74, 6) is 1.16. The first-order chi connectivity index (χ1) is 11.4.